The van der Waals surface area contributed by atoms with Gasteiger partial charge in [0.05, 0.1) is 23.0 Å². The number of hydrogen-bond donors (Lipinski definition) is 1. The molecular weight excluding hydrogens is 222 g/mol. The third-order valence-electron chi connectivity index (χ3n) is 2.83. The molecule has 1 heterocycles. The van der Waals surface area contributed by atoms with Crippen LogP contribution in [0.5, 0.6) is 0 Å². The molecule has 0 saturated heterocycles. The zero-order valence-corrected chi connectivity index (χ0v) is 10.6. The summed E-state index contributed by atoms with van der Waals surface area (Å²) in [5, 5.41) is 12.3. The first-order valence-corrected chi connectivity index (χ1v) is 5.87. The van der Waals surface area contributed by atoms with E-state index >= 15 is 0 Å². The second-order valence-corrected chi connectivity index (χ2v) is 4.21. The summed E-state index contributed by atoms with van der Waals surface area (Å²) in [4.78, 5) is 4.40. The Kier molecular flexibility index (Phi) is 3.59. The van der Waals surface area contributed by atoms with E-state index in [1.165, 1.54) is 0 Å². The lowest BCUT2D eigenvalue weighted by molar-refractivity contribution is 1.08. The molecule has 0 aliphatic heterocycles. The van der Waals surface area contributed by atoms with Crippen LogP contribution < -0.4 is 5.32 Å². The summed E-state index contributed by atoms with van der Waals surface area (Å²) >= 11 is 0. The number of nitriles is 1. The van der Waals surface area contributed by atoms with Crippen LogP contribution in [0.1, 0.15) is 22.5 Å². The highest BCUT2D eigenvalue weighted by Gasteiger charge is 2.02. The summed E-state index contributed by atoms with van der Waals surface area (Å²) in [6.07, 6.45) is 0. The molecular formula is C15H15N3. The third-order valence-corrected chi connectivity index (χ3v) is 2.83. The first kappa shape index (κ1) is 12.1. The minimum atomic E-state index is 0.634. The molecule has 0 saturated carbocycles. The summed E-state index contributed by atoms with van der Waals surface area (Å²) in [6.45, 7) is 4.59. The Balaban J connectivity index is 2.14. The molecule has 0 atom stereocenters. The smallest absolute Gasteiger partial charge is 0.0995 e. The van der Waals surface area contributed by atoms with Crippen molar-refractivity contribution in [2.24, 2.45) is 0 Å². The van der Waals surface area contributed by atoms with Crippen molar-refractivity contribution in [3.8, 4) is 6.07 Å². The van der Waals surface area contributed by atoms with Gasteiger partial charge in [-0.1, -0.05) is 18.2 Å². The maximum atomic E-state index is 9.02. The second-order valence-electron chi connectivity index (χ2n) is 4.21. The van der Waals surface area contributed by atoms with Gasteiger partial charge in [0.15, 0.2) is 0 Å². The van der Waals surface area contributed by atoms with Crippen LogP contribution in [0.25, 0.3) is 0 Å². The number of rotatable bonds is 3. The van der Waals surface area contributed by atoms with Crippen LogP contribution in [-0.2, 0) is 6.54 Å². The molecule has 0 fully saturated rings. The molecule has 0 bridgehead atoms. The van der Waals surface area contributed by atoms with Gasteiger partial charge in [-0.05, 0) is 37.6 Å². The van der Waals surface area contributed by atoms with Crippen molar-refractivity contribution in [2.75, 3.05) is 5.32 Å². The van der Waals surface area contributed by atoms with Crippen LogP contribution in [0, 0.1) is 25.2 Å². The lowest BCUT2D eigenvalue weighted by atomic mass is 10.1. The van der Waals surface area contributed by atoms with Crippen LogP contribution >= 0.6 is 0 Å². The Morgan fingerprint density at radius 3 is 2.67 bits per heavy atom. The Morgan fingerprint density at radius 1 is 1.17 bits per heavy atom. The van der Waals surface area contributed by atoms with Crippen LogP contribution in [0.4, 0.5) is 5.69 Å². The standard InChI is InChI=1S/C15H15N3/c1-11-7-8-15(12(2)18-11)17-10-14-6-4-3-5-13(14)9-16/h3-8,17H,10H2,1-2H3. The Morgan fingerprint density at radius 2 is 1.94 bits per heavy atom. The first-order valence-electron chi connectivity index (χ1n) is 5.87. The van der Waals surface area contributed by atoms with Crippen molar-refractivity contribution in [1.82, 2.24) is 4.98 Å². The van der Waals surface area contributed by atoms with Gasteiger partial charge in [0.25, 0.3) is 0 Å². The van der Waals surface area contributed by atoms with Gasteiger partial charge < -0.3 is 5.32 Å². The third kappa shape index (κ3) is 2.67. The molecule has 90 valence electrons. The molecule has 0 amide bonds. The van der Waals surface area contributed by atoms with Crippen molar-refractivity contribution in [3.63, 3.8) is 0 Å². The van der Waals surface area contributed by atoms with Crippen molar-refractivity contribution in [2.45, 2.75) is 20.4 Å². The monoisotopic (exact) mass is 237 g/mol. The van der Waals surface area contributed by atoms with E-state index in [0.29, 0.717) is 12.1 Å². The highest BCUT2D eigenvalue weighted by molar-refractivity contribution is 5.49. The van der Waals surface area contributed by atoms with Gasteiger partial charge in [0.1, 0.15) is 0 Å². The summed E-state index contributed by atoms with van der Waals surface area (Å²) in [6, 6.07) is 13.8. The highest BCUT2D eigenvalue weighted by atomic mass is 14.9. The van der Waals surface area contributed by atoms with Crippen LogP contribution in [0.2, 0.25) is 0 Å². The second kappa shape index (κ2) is 5.33. The number of hydrogen-bond acceptors (Lipinski definition) is 3. The number of aryl methyl sites for hydroxylation is 2. The van der Waals surface area contributed by atoms with Gasteiger partial charge in [-0.25, -0.2) is 0 Å². The average Bonchev–Trinajstić information content (AvgIpc) is 2.38. The molecule has 18 heavy (non-hydrogen) atoms. The minimum absolute atomic E-state index is 0.634. The zero-order chi connectivity index (χ0) is 13.0. The zero-order valence-electron chi connectivity index (χ0n) is 10.6. The maximum Gasteiger partial charge on any atom is 0.0995 e. The quantitative estimate of drug-likeness (QED) is 0.891. The van der Waals surface area contributed by atoms with E-state index in [1.807, 2.05) is 50.2 Å². The van der Waals surface area contributed by atoms with E-state index in [4.69, 9.17) is 5.26 Å². The first-order chi connectivity index (χ1) is 8.70. The summed E-state index contributed by atoms with van der Waals surface area (Å²) < 4.78 is 0. The molecule has 2 aromatic rings. The Labute approximate surface area is 107 Å². The predicted molar refractivity (Wildman–Crippen MR) is 72.2 cm³/mol. The van der Waals surface area contributed by atoms with E-state index < -0.39 is 0 Å². The molecule has 1 aromatic heterocycles. The number of benzene rings is 1. The van der Waals surface area contributed by atoms with Crippen molar-refractivity contribution >= 4 is 5.69 Å². The fourth-order valence-electron chi connectivity index (χ4n) is 1.85. The molecule has 1 aromatic carbocycles. The lowest BCUT2D eigenvalue weighted by Gasteiger charge is -2.10. The molecule has 3 heteroatoms. The molecule has 0 spiro atoms. The van der Waals surface area contributed by atoms with E-state index in [2.05, 4.69) is 16.4 Å². The van der Waals surface area contributed by atoms with Gasteiger partial charge in [-0.15, -0.1) is 0 Å². The van der Waals surface area contributed by atoms with Crippen molar-refractivity contribution in [1.29, 1.82) is 5.26 Å². The molecule has 2 rings (SSSR count). The molecule has 0 aliphatic carbocycles. The normalized spacial score (nSPS) is 9.83. The maximum absolute atomic E-state index is 9.02. The van der Waals surface area contributed by atoms with Gasteiger partial charge >= 0.3 is 0 Å². The number of nitrogens with one attached hydrogen (secondary N) is 1. The van der Waals surface area contributed by atoms with E-state index in [9.17, 15) is 0 Å². The molecule has 0 radical (unpaired) electrons. The molecule has 3 nitrogen and oxygen atoms in total. The highest BCUT2D eigenvalue weighted by Crippen LogP contribution is 2.15. The fraction of sp³-hybridized carbons (Fsp3) is 0.200. The fourth-order valence-corrected chi connectivity index (χ4v) is 1.85. The van der Waals surface area contributed by atoms with Crippen LogP contribution in [0.3, 0.4) is 0 Å². The van der Waals surface area contributed by atoms with E-state index in [0.717, 1.165) is 22.6 Å². The minimum Gasteiger partial charge on any atom is -0.379 e. The van der Waals surface area contributed by atoms with E-state index in [1.54, 1.807) is 0 Å². The Hall–Kier alpha value is -2.34. The van der Waals surface area contributed by atoms with Crippen molar-refractivity contribution in [3.05, 3.63) is 58.9 Å². The van der Waals surface area contributed by atoms with Crippen molar-refractivity contribution < 1.29 is 0 Å². The topological polar surface area (TPSA) is 48.7 Å². The van der Waals surface area contributed by atoms with Crippen LogP contribution in [0.15, 0.2) is 36.4 Å². The summed E-state index contributed by atoms with van der Waals surface area (Å²) in [5.74, 6) is 0. The number of anilines is 1. The molecule has 0 aliphatic rings. The van der Waals surface area contributed by atoms with Crippen LogP contribution in [-0.4, -0.2) is 4.98 Å². The van der Waals surface area contributed by atoms with E-state index in [-0.39, 0.29) is 0 Å². The number of nitrogens with zero attached hydrogens (tertiary/aromatic N) is 2. The largest absolute Gasteiger partial charge is 0.379 e. The Bertz CT molecular complexity index is 597. The SMILES string of the molecule is Cc1ccc(NCc2ccccc2C#N)c(C)n1. The number of aromatic nitrogens is 1. The molecule has 0 unspecified atom stereocenters. The average molecular weight is 237 g/mol. The molecule has 1 N–H and O–H groups in total. The lowest BCUT2D eigenvalue weighted by Crippen LogP contribution is -2.04. The van der Waals surface area contributed by atoms with Gasteiger partial charge in [-0.2, -0.15) is 5.26 Å². The van der Waals surface area contributed by atoms with Gasteiger partial charge in [-0.3, -0.25) is 4.98 Å². The van der Waals surface area contributed by atoms with Gasteiger partial charge in [0.2, 0.25) is 0 Å². The predicted octanol–water partition coefficient (Wildman–Crippen LogP) is 3.18. The number of pyridine rings is 1. The van der Waals surface area contributed by atoms with Gasteiger partial charge in [0, 0.05) is 12.2 Å². The summed E-state index contributed by atoms with van der Waals surface area (Å²) in [7, 11) is 0. The summed E-state index contributed by atoms with van der Waals surface area (Å²) in [5.41, 5.74) is 4.70.